The van der Waals surface area contributed by atoms with Gasteiger partial charge in [-0.2, -0.15) is 5.26 Å². The Morgan fingerprint density at radius 2 is 2.21 bits per heavy atom. The Balaban J connectivity index is 2.50. The summed E-state index contributed by atoms with van der Waals surface area (Å²) in [4.78, 5) is 22.3. The first-order chi connectivity index (χ1) is 9.04. The first-order valence-corrected chi connectivity index (χ1v) is 5.61. The highest BCUT2D eigenvalue weighted by Crippen LogP contribution is 2.16. The van der Waals surface area contributed by atoms with Crippen molar-refractivity contribution in [3.05, 3.63) is 29.6 Å². The van der Waals surface area contributed by atoms with Crippen molar-refractivity contribution in [2.45, 2.75) is 13.3 Å². The minimum Gasteiger partial charge on any atom is -0.484 e. The Bertz CT molecular complexity index is 523. The molecule has 0 aliphatic carbocycles. The van der Waals surface area contributed by atoms with Crippen LogP contribution in [0.4, 0.5) is 4.39 Å². The van der Waals surface area contributed by atoms with E-state index in [1.54, 1.807) is 0 Å². The monoisotopic (exact) mass is 264 g/mol. The molecule has 0 fully saturated rings. The van der Waals surface area contributed by atoms with Crippen LogP contribution >= 0.6 is 0 Å². The van der Waals surface area contributed by atoms with E-state index in [0.717, 1.165) is 6.07 Å². The Labute approximate surface area is 110 Å². The third-order valence-corrected chi connectivity index (χ3v) is 2.25. The molecule has 1 N–H and O–H groups in total. The number of amides is 1. The van der Waals surface area contributed by atoms with Gasteiger partial charge in [0.2, 0.25) is 0 Å². The summed E-state index contributed by atoms with van der Waals surface area (Å²) >= 11 is 0. The molecule has 0 aromatic heterocycles. The summed E-state index contributed by atoms with van der Waals surface area (Å²) < 4.78 is 18.5. The van der Waals surface area contributed by atoms with E-state index in [1.807, 2.05) is 6.07 Å². The van der Waals surface area contributed by atoms with Gasteiger partial charge in [0.05, 0.1) is 18.1 Å². The molecule has 1 amide bonds. The van der Waals surface area contributed by atoms with E-state index >= 15 is 0 Å². The number of rotatable bonds is 6. The predicted octanol–water partition coefficient (Wildman–Crippen LogP) is 1.44. The molecule has 0 heterocycles. The molecule has 0 aliphatic heterocycles. The highest BCUT2D eigenvalue weighted by molar-refractivity contribution is 5.94. The average Bonchev–Trinajstić information content (AvgIpc) is 2.36. The zero-order chi connectivity index (χ0) is 14.3. The number of nitriles is 1. The molecule has 5 nitrogen and oxygen atoms in total. The summed E-state index contributed by atoms with van der Waals surface area (Å²) in [6.45, 7) is 1.24. The molecular formula is C13H13FN2O3. The lowest BCUT2D eigenvalue weighted by Crippen LogP contribution is -2.29. The maximum Gasteiger partial charge on any atom is 0.257 e. The SMILES string of the molecule is CC(=O)c1ccc(OCC(=O)NCCC#N)cc1F. The standard InChI is InChI=1S/C13H13FN2O3/c1-9(17)11-4-3-10(7-12(11)14)19-8-13(18)16-6-2-5-15/h3-4,7H,2,6,8H2,1H3,(H,16,18). The number of carbonyl (C=O) groups excluding carboxylic acids is 2. The number of hydrogen-bond donors (Lipinski definition) is 1. The van der Waals surface area contributed by atoms with Gasteiger partial charge in [0.1, 0.15) is 11.6 Å². The van der Waals surface area contributed by atoms with Crippen molar-refractivity contribution in [1.29, 1.82) is 5.26 Å². The van der Waals surface area contributed by atoms with Gasteiger partial charge in [-0.3, -0.25) is 9.59 Å². The van der Waals surface area contributed by atoms with E-state index in [9.17, 15) is 14.0 Å². The molecule has 1 rings (SSSR count). The van der Waals surface area contributed by atoms with Gasteiger partial charge in [0.25, 0.3) is 5.91 Å². The van der Waals surface area contributed by atoms with Gasteiger partial charge in [-0.05, 0) is 19.1 Å². The highest BCUT2D eigenvalue weighted by atomic mass is 19.1. The van der Waals surface area contributed by atoms with E-state index in [1.165, 1.54) is 19.1 Å². The normalized spacial score (nSPS) is 9.53. The maximum atomic E-state index is 13.4. The van der Waals surface area contributed by atoms with E-state index < -0.39 is 11.7 Å². The second-order valence-electron chi connectivity index (χ2n) is 3.74. The summed E-state index contributed by atoms with van der Waals surface area (Å²) in [5.74, 6) is -1.29. The van der Waals surface area contributed by atoms with Crippen molar-refractivity contribution in [3.63, 3.8) is 0 Å². The van der Waals surface area contributed by atoms with Crippen LogP contribution in [0.25, 0.3) is 0 Å². The van der Waals surface area contributed by atoms with Crippen LogP contribution < -0.4 is 10.1 Å². The van der Waals surface area contributed by atoms with Crippen LogP contribution in [0.3, 0.4) is 0 Å². The summed E-state index contributed by atoms with van der Waals surface area (Å²) in [7, 11) is 0. The lowest BCUT2D eigenvalue weighted by Gasteiger charge is -2.07. The number of halogens is 1. The molecule has 100 valence electrons. The van der Waals surface area contributed by atoms with E-state index in [-0.39, 0.29) is 36.7 Å². The number of ether oxygens (including phenoxy) is 1. The lowest BCUT2D eigenvalue weighted by molar-refractivity contribution is -0.123. The molecule has 0 saturated heterocycles. The van der Waals surface area contributed by atoms with Gasteiger partial charge in [-0.1, -0.05) is 0 Å². The van der Waals surface area contributed by atoms with Gasteiger partial charge in [-0.15, -0.1) is 0 Å². The summed E-state index contributed by atoms with van der Waals surface area (Å²) in [6, 6.07) is 5.66. The van der Waals surface area contributed by atoms with Crippen LogP contribution in [-0.2, 0) is 4.79 Å². The second kappa shape index (κ2) is 7.11. The number of hydrogen-bond acceptors (Lipinski definition) is 4. The van der Waals surface area contributed by atoms with Crippen LogP contribution in [0.15, 0.2) is 18.2 Å². The molecule has 0 radical (unpaired) electrons. The maximum absolute atomic E-state index is 13.4. The Kier molecular flexibility index (Phi) is 5.48. The molecule has 0 spiro atoms. The fourth-order valence-corrected chi connectivity index (χ4v) is 1.33. The van der Waals surface area contributed by atoms with E-state index in [2.05, 4.69) is 5.32 Å². The smallest absolute Gasteiger partial charge is 0.257 e. The van der Waals surface area contributed by atoms with Gasteiger partial charge in [-0.25, -0.2) is 4.39 Å². The molecule has 0 unspecified atom stereocenters. The van der Waals surface area contributed by atoms with Gasteiger partial charge in [0.15, 0.2) is 12.4 Å². The molecule has 1 aromatic carbocycles. The second-order valence-corrected chi connectivity index (χ2v) is 3.74. The molecule has 0 atom stereocenters. The average molecular weight is 264 g/mol. The fourth-order valence-electron chi connectivity index (χ4n) is 1.33. The number of nitrogens with one attached hydrogen (secondary N) is 1. The quantitative estimate of drug-likeness (QED) is 0.622. The Morgan fingerprint density at radius 1 is 1.47 bits per heavy atom. The first-order valence-electron chi connectivity index (χ1n) is 5.61. The van der Waals surface area contributed by atoms with Crippen molar-refractivity contribution in [3.8, 4) is 11.8 Å². The van der Waals surface area contributed by atoms with Crippen molar-refractivity contribution in [1.82, 2.24) is 5.32 Å². The zero-order valence-electron chi connectivity index (χ0n) is 10.4. The number of nitrogens with zero attached hydrogens (tertiary/aromatic N) is 1. The van der Waals surface area contributed by atoms with Crippen LogP contribution in [0.5, 0.6) is 5.75 Å². The molecule has 19 heavy (non-hydrogen) atoms. The van der Waals surface area contributed by atoms with E-state index in [4.69, 9.17) is 10.00 Å². The Hall–Kier alpha value is -2.42. The molecule has 0 bridgehead atoms. The minimum absolute atomic E-state index is 0.0224. The molecular weight excluding hydrogens is 251 g/mol. The van der Waals surface area contributed by atoms with Crippen molar-refractivity contribution < 1.29 is 18.7 Å². The van der Waals surface area contributed by atoms with Gasteiger partial charge < -0.3 is 10.1 Å². The third-order valence-electron chi connectivity index (χ3n) is 2.25. The topological polar surface area (TPSA) is 79.2 Å². The van der Waals surface area contributed by atoms with Crippen molar-refractivity contribution in [2.24, 2.45) is 0 Å². The number of benzene rings is 1. The zero-order valence-corrected chi connectivity index (χ0v) is 10.4. The van der Waals surface area contributed by atoms with Crippen molar-refractivity contribution >= 4 is 11.7 Å². The molecule has 0 saturated carbocycles. The Morgan fingerprint density at radius 3 is 2.79 bits per heavy atom. The van der Waals surface area contributed by atoms with Crippen LogP contribution in [-0.4, -0.2) is 24.8 Å². The minimum atomic E-state index is -0.685. The fraction of sp³-hybridized carbons (Fsp3) is 0.308. The highest BCUT2D eigenvalue weighted by Gasteiger charge is 2.09. The summed E-state index contributed by atoms with van der Waals surface area (Å²) in [5.41, 5.74) is -0.0224. The number of ketones is 1. The summed E-state index contributed by atoms with van der Waals surface area (Å²) in [6.07, 6.45) is 0.216. The van der Waals surface area contributed by atoms with Crippen LogP contribution in [0.1, 0.15) is 23.7 Å². The molecule has 6 heteroatoms. The van der Waals surface area contributed by atoms with E-state index in [0.29, 0.717) is 0 Å². The van der Waals surface area contributed by atoms with Crippen LogP contribution in [0, 0.1) is 17.1 Å². The largest absolute Gasteiger partial charge is 0.484 e. The molecule has 0 aliphatic rings. The lowest BCUT2D eigenvalue weighted by atomic mass is 10.1. The van der Waals surface area contributed by atoms with Gasteiger partial charge >= 0.3 is 0 Å². The van der Waals surface area contributed by atoms with Crippen molar-refractivity contribution in [2.75, 3.05) is 13.2 Å². The van der Waals surface area contributed by atoms with Gasteiger partial charge in [0, 0.05) is 12.6 Å². The number of Topliss-reactive ketones (excluding diaryl/α,β-unsaturated/α-hetero) is 1. The van der Waals surface area contributed by atoms with Crippen LogP contribution in [0.2, 0.25) is 0 Å². The third kappa shape index (κ3) is 4.76. The summed E-state index contributed by atoms with van der Waals surface area (Å²) in [5, 5.41) is 10.8. The molecule has 1 aromatic rings. The first kappa shape index (κ1) is 14.6. The number of carbonyl (C=O) groups is 2. The predicted molar refractivity (Wildman–Crippen MR) is 65.1 cm³/mol.